The lowest BCUT2D eigenvalue weighted by atomic mass is 9.97. The highest BCUT2D eigenvalue weighted by molar-refractivity contribution is 5.76. The molecule has 1 saturated heterocycles. The zero-order valence-electron chi connectivity index (χ0n) is 19.3. The molecule has 31 heavy (non-hydrogen) atoms. The highest BCUT2D eigenvalue weighted by Crippen LogP contribution is 2.35. The molecule has 0 bridgehead atoms. The summed E-state index contributed by atoms with van der Waals surface area (Å²) >= 11 is 0. The maximum atomic E-state index is 11.9. The number of hydrogen-bond acceptors (Lipinski definition) is 5. The number of methoxy groups -OCH3 is 1. The molecule has 1 amide bonds. The smallest absolute Gasteiger partial charge is 0.222 e. The van der Waals surface area contributed by atoms with Gasteiger partial charge in [-0.25, -0.2) is 0 Å². The fraction of sp³-hybridized carbons (Fsp3) is 0.480. The van der Waals surface area contributed by atoms with Gasteiger partial charge in [0, 0.05) is 26.6 Å². The molecule has 0 radical (unpaired) electrons. The standard InChI is InChI=1S/C25H34N2O4/c1-6-13-30-21-11-12-23(24(15-21)29-5)27-16-22(17-27)31-20-9-7-19(8-10-20)18(2)14-25(28)26(3)4/h7-12,15,18,22H,6,13-14,16-17H2,1-5H3/t18-/m1/s1. The Balaban J connectivity index is 1.52. The van der Waals surface area contributed by atoms with Crippen LogP contribution in [0.5, 0.6) is 17.2 Å². The summed E-state index contributed by atoms with van der Waals surface area (Å²) in [6, 6.07) is 14.1. The van der Waals surface area contributed by atoms with Gasteiger partial charge in [0.2, 0.25) is 5.91 Å². The maximum Gasteiger partial charge on any atom is 0.222 e. The van der Waals surface area contributed by atoms with Crippen LogP contribution in [0.3, 0.4) is 0 Å². The van der Waals surface area contributed by atoms with Crippen molar-refractivity contribution in [2.45, 2.75) is 38.7 Å². The molecule has 0 N–H and O–H groups in total. The van der Waals surface area contributed by atoms with Gasteiger partial charge in [0.05, 0.1) is 32.5 Å². The van der Waals surface area contributed by atoms with Gasteiger partial charge in [-0.15, -0.1) is 0 Å². The molecule has 0 spiro atoms. The average molecular weight is 427 g/mol. The minimum Gasteiger partial charge on any atom is -0.494 e. The third-order valence-electron chi connectivity index (χ3n) is 5.54. The Labute approximate surface area is 185 Å². The van der Waals surface area contributed by atoms with E-state index in [-0.39, 0.29) is 17.9 Å². The molecule has 6 heteroatoms. The highest BCUT2D eigenvalue weighted by atomic mass is 16.5. The molecular formula is C25H34N2O4. The zero-order valence-corrected chi connectivity index (χ0v) is 19.3. The van der Waals surface area contributed by atoms with Crippen LogP contribution in [-0.2, 0) is 4.79 Å². The first-order valence-electron chi connectivity index (χ1n) is 10.9. The minimum absolute atomic E-state index is 0.138. The van der Waals surface area contributed by atoms with E-state index in [0.717, 1.165) is 48.0 Å². The Morgan fingerprint density at radius 2 is 1.81 bits per heavy atom. The van der Waals surface area contributed by atoms with E-state index in [9.17, 15) is 4.79 Å². The van der Waals surface area contributed by atoms with E-state index < -0.39 is 0 Å². The van der Waals surface area contributed by atoms with Crippen LogP contribution in [0.2, 0.25) is 0 Å². The number of amides is 1. The van der Waals surface area contributed by atoms with Gasteiger partial charge < -0.3 is 24.0 Å². The molecule has 6 nitrogen and oxygen atoms in total. The van der Waals surface area contributed by atoms with Crippen molar-refractivity contribution in [3.05, 3.63) is 48.0 Å². The lowest BCUT2D eigenvalue weighted by Gasteiger charge is -2.41. The fourth-order valence-corrected chi connectivity index (χ4v) is 3.57. The van der Waals surface area contributed by atoms with Crippen molar-refractivity contribution >= 4 is 11.6 Å². The first-order valence-corrected chi connectivity index (χ1v) is 10.9. The van der Waals surface area contributed by atoms with Crippen LogP contribution >= 0.6 is 0 Å². The summed E-state index contributed by atoms with van der Waals surface area (Å²) in [5.41, 5.74) is 2.20. The Hall–Kier alpha value is -2.89. The number of carbonyl (C=O) groups is 1. The molecule has 1 atom stereocenters. The van der Waals surface area contributed by atoms with Crippen molar-refractivity contribution in [1.82, 2.24) is 4.90 Å². The van der Waals surface area contributed by atoms with E-state index in [4.69, 9.17) is 14.2 Å². The molecule has 0 aliphatic carbocycles. The van der Waals surface area contributed by atoms with Crippen LogP contribution in [0.4, 0.5) is 5.69 Å². The molecule has 1 fully saturated rings. The Kier molecular flexibility index (Phi) is 7.66. The fourth-order valence-electron chi connectivity index (χ4n) is 3.57. The Morgan fingerprint density at radius 3 is 2.42 bits per heavy atom. The van der Waals surface area contributed by atoms with Crippen LogP contribution in [0.15, 0.2) is 42.5 Å². The van der Waals surface area contributed by atoms with Crippen molar-refractivity contribution in [2.24, 2.45) is 0 Å². The molecule has 3 rings (SSSR count). The van der Waals surface area contributed by atoms with Gasteiger partial charge in [-0.1, -0.05) is 26.0 Å². The van der Waals surface area contributed by atoms with E-state index in [2.05, 4.69) is 30.9 Å². The van der Waals surface area contributed by atoms with Gasteiger partial charge in [-0.3, -0.25) is 4.79 Å². The predicted molar refractivity (Wildman–Crippen MR) is 124 cm³/mol. The lowest BCUT2D eigenvalue weighted by molar-refractivity contribution is -0.129. The number of nitrogens with zero attached hydrogens (tertiary/aromatic N) is 2. The SMILES string of the molecule is CCCOc1ccc(N2CC(Oc3ccc([C@H](C)CC(=O)N(C)C)cc3)C2)c(OC)c1. The van der Waals surface area contributed by atoms with Gasteiger partial charge in [-0.05, 0) is 42.2 Å². The predicted octanol–water partition coefficient (Wildman–Crippen LogP) is 4.33. The third kappa shape index (κ3) is 5.84. The van der Waals surface area contributed by atoms with E-state index in [1.165, 1.54) is 0 Å². The van der Waals surface area contributed by atoms with Crippen molar-refractivity contribution in [3.63, 3.8) is 0 Å². The number of hydrogen-bond donors (Lipinski definition) is 0. The van der Waals surface area contributed by atoms with Gasteiger partial charge in [0.25, 0.3) is 0 Å². The van der Waals surface area contributed by atoms with Gasteiger partial charge >= 0.3 is 0 Å². The summed E-state index contributed by atoms with van der Waals surface area (Å²) < 4.78 is 17.4. The largest absolute Gasteiger partial charge is 0.494 e. The summed E-state index contributed by atoms with van der Waals surface area (Å²) in [6.45, 7) is 6.48. The van der Waals surface area contributed by atoms with E-state index >= 15 is 0 Å². The average Bonchev–Trinajstić information content (AvgIpc) is 2.74. The van der Waals surface area contributed by atoms with Crippen LogP contribution in [0.25, 0.3) is 0 Å². The van der Waals surface area contributed by atoms with Crippen molar-refractivity contribution in [3.8, 4) is 17.2 Å². The Morgan fingerprint density at radius 1 is 1.13 bits per heavy atom. The summed E-state index contributed by atoms with van der Waals surface area (Å²) in [5, 5.41) is 0. The van der Waals surface area contributed by atoms with Crippen LogP contribution in [0, 0.1) is 0 Å². The maximum absolute atomic E-state index is 11.9. The quantitative estimate of drug-likeness (QED) is 0.566. The summed E-state index contributed by atoms with van der Waals surface area (Å²) in [6.07, 6.45) is 1.62. The molecule has 0 saturated carbocycles. The first kappa shape index (κ1) is 22.8. The molecule has 0 aromatic heterocycles. The van der Waals surface area contributed by atoms with Crippen molar-refractivity contribution in [2.75, 3.05) is 45.8 Å². The first-order chi connectivity index (χ1) is 14.9. The van der Waals surface area contributed by atoms with Crippen LogP contribution in [-0.4, -0.2) is 57.8 Å². The van der Waals surface area contributed by atoms with Gasteiger partial charge in [0.15, 0.2) is 0 Å². The number of benzene rings is 2. The van der Waals surface area contributed by atoms with E-state index in [0.29, 0.717) is 13.0 Å². The summed E-state index contributed by atoms with van der Waals surface area (Å²) in [7, 11) is 5.26. The zero-order chi connectivity index (χ0) is 22.4. The molecule has 1 aliphatic heterocycles. The second-order valence-electron chi connectivity index (χ2n) is 8.29. The topological polar surface area (TPSA) is 51.2 Å². The number of rotatable bonds is 10. The minimum atomic E-state index is 0.138. The molecular weight excluding hydrogens is 392 g/mol. The van der Waals surface area contributed by atoms with Crippen LogP contribution < -0.4 is 19.1 Å². The lowest BCUT2D eigenvalue weighted by Crippen LogP contribution is -2.54. The number of anilines is 1. The molecule has 168 valence electrons. The van der Waals surface area contributed by atoms with E-state index in [1.807, 2.05) is 30.3 Å². The van der Waals surface area contributed by atoms with Gasteiger partial charge in [-0.2, -0.15) is 0 Å². The summed E-state index contributed by atoms with van der Waals surface area (Å²) in [5.74, 6) is 2.83. The van der Waals surface area contributed by atoms with Gasteiger partial charge in [0.1, 0.15) is 23.4 Å². The molecule has 1 heterocycles. The van der Waals surface area contributed by atoms with Crippen molar-refractivity contribution < 1.29 is 19.0 Å². The molecule has 2 aromatic carbocycles. The molecule has 0 unspecified atom stereocenters. The second-order valence-corrected chi connectivity index (χ2v) is 8.29. The van der Waals surface area contributed by atoms with E-state index in [1.54, 1.807) is 26.1 Å². The van der Waals surface area contributed by atoms with Crippen molar-refractivity contribution in [1.29, 1.82) is 0 Å². The van der Waals surface area contributed by atoms with Crippen LogP contribution in [0.1, 0.15) is 38.2 Å². The normalized spacial score (nSPS) is 14.5. The molecule has 2 aromatic rings. The number of ether oxygens (including phenoxy) is 3. The summed E-state index contributed by atoms with van der Waals surface area (Å²) in [4.78, 5) is 15.8. The number of carbonyl (C=O) groups excluding carboxylic acids is 1. The second kappa shape index (κ2) is 10.4. The monoisotopic (exact) mass is 426 g/mol. The highest BCUT2D eigenvalue weighted by Gasteiger charge is 2.30. The Bertz CT molecular complexity index is 860. The third-order valence-corrected chi connectivity index (χ3v) is 5.54. The molecule has 1 aliphatic rings.